The summed E-state index contributed by atoms with van der Waals surface area (Å²) in [5.41, 5.74) is 0.743. The van der Waals surface area contributed by atoms with Crippen molar-refractivity contribution < 1.29 is 14.2 Å². The summed E-state index contributed by atoms with van der Waals surface area (Å²) >= 11 is 6.00. The Morgan fingerprint density at radius 1 is 1.27 bits per heavy atom. The quantitative estimate of drug-likeness (QED) is 0.881. The average Bonchev–Trinajstić information content (AvgIpc) is 3.12. The molecule has 1 N–H and O–H groups in total. The molecule has 1 saturated heterocycles. The summed E-state index contributed by atoms with van der Waals surface area (Å²) in [5, 5.41) is 3.49. The molecular formula is C18H20ClN3O4. The van der Waals surface area contributed by atoms with Crippen molar-refractivity contribution in [3.05, 3.63) is 45.5 Å². The van der Waals surface area contributed by atoms with E-state index in [0.29, 0.717) is 19.8 Å². The van der Waals surface area contributed by atoms with Gasteiger partial charge in [0.15, 0.2) is 17.3 Å². The highest BCUT2D eigenvalue weighted by Gasteiger charge is 2.36. The lowest BCUT2D eigenvalue weighted by molar-refractivity contribution is 0.0543. The summed E-state index contributed by atoms with van der Waals surface area (Å²) in [7, 11) is 1.66. The third-order valence-electron chi connectivity index (χ3n) is 5.07. The number of benzene rings is 1. The molecule has 0 aliphatic carbocycles. The number of nitrogens with one attached hydrogen (secondary N) is 1. The summed E-state index contributed by atoms with van der Waals surface area (Å²) in [5.74, 6) is 1.77. The van der Waals surface area contributed by atoms with E-state index in [1.165, 1.54) is 10.8 Å². The van der Waals surface area contributed by atoms with Gasteiger partial charge < -0.3 is 24.1 Å². The molecule has 138 valence electrons. The standard InChI is InChI=1S/C18H20ClN3O4/c1-22-9-15(19)21-16(17(22)23)20-10-18(4-6-24-7-5-18)12-2-3-13-14(8-12)26-11-25-13/h2-3,8-9H,4-7,10-11H2,1H3,(H,20,21). The largest absolute Gasteiger partial charge is 0.454 e. The van der Waals surface area contributed by atoms with Gasteiger partial charge in [0, 0.05) is 38.4 Å². The smallest absolute Gasteiger partial charge is 0.293 e. The van der Waals surface area contributed by atoms with Crippen molar-refractivity contribution in [2.45, 2.75) is 18.3 Å². The summed E-state index contributed by atoms with van der Waals surface area (Å²) < 4.78 is 17.9. The van der Waals surface area contributed by atoms with Crippen LogP contribution >= 0.6 is 11.6 Å². The number of ether oxygens (including phenoxy) is 3. The molecule has 1 aromatic heterocycles. The van der Waals surface area contributed by atoms with E-state index in [4.69, 9.17) is 25.8 Å². The maximum atomic E-state index is 12.3. The Kier molecular flexibility index (Phi) is 4.50. The molecule has 3 heterocycles. The fourth-order valence-electron chi connectivity index (χ4n) is 3.49. The molecule has 0 amide bonds. The summed E-state index contributed by atoms with van der Waals surface area (Å²) in [6.45, 7) is 2.13. The minimum Gasteiger partial charge on any atom is -0.454 e. The van der Waals surface area contributed by atoms with Crippen molar-refractivity contribution in [3.63, 3.8) is 0 Å². The zero-order valence-corrected chi connectivity index (χ0v) is 15.2. The molecule has 1 aromatic carbocycles. The molecule has 0 radical (unpaired) electrons. The number of anilines is 1. The lowest BCUT2D eigenvalue weighted by Crippen LogP contribution is -2.41. The number of aromatic nitrogens is 2. The Balaban J connectivity index is 1.64. The van der Waals surface area contributed by atoms with Gasteiger partial charge in [-0.25, -0.2) is 4.98 Å². The molecule has 4 rings (SSSR count). The SMILES string of the molecule is Cn1cc(Cl)nc(NCC2(c3ccc4c(c3)OCO4)CCOCC2)c1=O. The van der Waals surface area contributed by atoms with Crippen molar-refractivity contribution in [1.29, 1.82) is 0 Å². The van der Waals surface area contributed by atoms with Crippen LogP contribution in [0.4, 0.5) is 5.82 Å². The zero-order chi connectivity index (χ0) is 18.1. The first-order valence-electron chi connectivity index (χ1n) is 8.52. The van der Waals surface area contributed by atoms with Crippen LogP contribution in [0.3, 0.4) is 0 Å². The van der Waals surface area contributed by atoms with Crippen molar-refractivity contribution in [2.24, 2.45) is 7.05 Å². The number of rotatable bonds is 4. The Hall–Kier alpha value is -2.25. The maximum Gasteiger partial charge on any atom is 0.293 e. The third kappa shape index (κ3) is 3.12. The number of fused-ring (bicyclic) bond motifs is 1. The highest BCUT2D eigenvalue weighted by atomic mass is 35.5. The molecule has 26 heavy (non-hydrogen) atoms. The predicted molar refractivity (Wildman–Crippen MR) is 97.3 cm³/mol. The molecule has 0 atom stereocenters. The second-order valence-electron chi connectivity index (χ2n) is 6.64. The maximum absolute atomic E-state index is 12.3. The topological polar surface area (TPSA) is 74.6 Å². The van der Waals surface area contributed by atoms with E-state index < -0.39 is 0 Å². The Morgan fingerprint density at radius 2 is 2.04 bits per heavy atom. The normalized spacial score (nSPS) is 17.9. The van der Waals surface area contributed by atoms with Crippen LogP contribution in [-0.4, -0.2) is 36.1 Å². The lowest BCUT2D eigenvalue weighted by atomic mass is 9.74. The fraction of sp³-hybridized carbons (Fsp3) is 0.444. The minimum atomic E-state index is -0.206. The van der Waals surface area contributed by atoms with Crippen LogP contribution in [-0.2, 0) is 17.2 Å². The summed E-state index contributed by atoms with van der Waals surface area (Å²) in [4.78, 5) is 16.5. The molecule has 0 spiro atoms. The van der Waals surface area contributed by atoms with E-state index >= 15 is 0 Å². The monoisotopic (exact) mass is 377 g/mol. The van der Waals surface area contributed by atoms with Crippen molar-refractivity contribution in [1.82, 2.24) is 9.55 Å². The number of aryl methyl sites for hydroxylation is 1. The number of halogens is 1. The number of nitrogens with zero attached hydrogens (tertiary/aromatic N) is 2. The van der Waals surface area contributed by atoms with Gasteiger partial charge in [-0.05, 0) is 30.5 Å². The van der Waals surface area contributed by atoms with Crippen LogP contribution in [0.5, 0.6) is 11.5 Å². The highest BCUT2D eigenvalue weighted by molar-refractivity contribution is 6.29. The van der Waals surface area contributed by atoms with Crippen molar-refractivity contribution in [3.8, 4) is 11.5 Å². The molecule has 2 aliphatic heterocycles. The van der Waals surface area contributed by atoms with Crippen LogP contribution in [0.15, 0.2) is 29.2 Å². The first kappa shape index (κ1) is 17.2. The molecule has 2 aromatic rings. The number of hydrogen-bond donors (Lipinski definition) is 1. The van der Waals surface area contributed by atoms with Gasteiger partial charge in [0.1, 0.15) is 5.15 Å². The first-order chi connectivity index (χ1) is 12.6. The molecule has 0 unspecified atom stereocenters. The highest BCUT2D eigenvalue weighted by Crippen LogP contribution is 2.40. The van der Waals surface area contributed by atoms with Crippen molar-refractivity contribution in [2.75, 3.05) is 31.9 Å². The Bertz CT molecular complexity index is 877. The van der Waals surface area contributed by atoms with Gasteiger partial charge in [-0.2, -0.15) is 0 Å². The second-order valence-corrected chi connectivity index (χ2v) is 7.03. The average molecular weight is 378 g/mol. The van der Waals surface area contributed by atoms with E-state index in [2.05, 4.69) is 16.4 Å². The van der Waals surface area contributed by atoms with Gasteiger partial charge in [-0.1, -0.05) is 17.7 Å². The molecular weight excluding hydrogens is 358 g/mol. The van der Waals surface area contributed by atoms with Crippen LogP contribution in [0.1, 0.15) is 18.4 Å². The minimum absolute atomic E-state index is 0.186. The Morgan fingerprint density at radius 3 is 2.85 bits per heavy atom. The molecule has 2 aliphatic rings. The van der Waals surface area contributed by atoms with E-state index in [1.807, 2.05) is 12.1 Å². The van der Waals surface area contributed by atoms with Gasteiger partial charge in [-0.3, -0.25) is 4.79 Å². The van der Waals surface area contributed by atoms with Gasteiger partial charge >= 0.3 is 0 Å². The van der Waals surface area contributed by atoms with E-state index in [9.17, 15) is 4.79 Å². The van der Waals surface area contributed by atoms with E-state index in [-0.39, 0.29) is 28.7 Å². The van der Waals surface area contributed by atoms with Crippen LogP contribution in [0.2, 0.25) is 5.15 Å². The van der Waals surface area contributed by atoms with Gasteiger partial charge in [0.25, 0.3) is 5.56 Å². The fourth-order valence-corrected chi connectivity index (χ4v) is 3.72. The van der Waals surface area contributed by atoms with E-state index in [1.54, 1.807) is 7.05 Å². The van der Waals surface area contributed by atoms with Crippen LogP contribution in [0, 0.1) is 0 Å². The number of hydrogen-bond acceptors (Lipinski definition) is 6. The summed E-state index contributed by atoms with van der Waals surface area (Å²) in [6.07, 6.45) is 3.16. The molecule has 8 heteroatoms. The van der Waals surface area contributed by atoms with Gasteiger partial charge in [-0.15, -0.1) is 0 Å². The molecule has 1 fully saturated rings. The third-order valence-corrected chi connectivity index (χ3v) is 5.25. The van der Waals surface area contributed by atoms with Crippen LogP contribution < -0.4 is 20.3 Å². The van der Waals surface area contributed by atoms with Gasteiger partial charge in [0.2, 0.25) is 6.79 Å². The zero-order valence-electron chi connectivity index (χ0n) is 14.5. The lowest BCUT2D eigenvalue weighted by Gasteiger charge is -2.38. The molecule has 0 bridgehead atoms. The molecule has 0 saturated carbocycles. The molecule has 7 nitrogen and oxygen atoms in total. The van der Waals surface area contributed by atoms with E-state index in [0.717, 1.165) is 29.9 Å². The predicted octanol–water partition coefficient (Wildman–Crippen LogP) is 2.32. The van der Waals surface area contributed by atoms with Gasteiger partial charge in [0.05, 0.1) is 0 Å². The van der Waals surface area contributed by atoms with Crippen LogP contribution in [0.25, 0.3) is 0 Å². The first-order valence-corrected chi connectivity index (χ1v) is 8.90. The van der Waals surface area contributed by atoms with Crippen molar-refractivity contribution >= 4 is 17.4 Å². The second kappa shape index (κ2) is 6.81. The Labute approximate surface area is 155 Å². The summed E-state index contributed by atoms with van der Waals surface area (Å²) in [6, 6.07) is 6.02.